The summed E-state index contributed by atoms with van der Waals surface area (Å²) in [7, 11) is 0. The molecule has 0 saturated carbocycles. The number of anilines is 1. The summed E-state index contributed by atoms with van der Waals surface area (Å²) in [4.78, 5) is 2.35. The first kappa shape index (κ1) is 11.0. The number of hydrogen-bond donors (Lipinski definition) is 1. The molecule has 2 heterocycles. The summed E-state index contributed by atoms with van der Waals surface area (Å²) >= 11 is 7.29. The van der Waals surface area contributed by atoms with E-state index in [1.807, 2.05) is 12.1 Å². The molecule has 6 heteroatoms. The zero-order valence-corrected chi connectivity index (χ0v) is 10.1. The third kappa shape index (κ3) is 3.01. The second-order valence-electron chi connectivity index (χ2n) is 3.06. The Labute approximate surface area is 102 Å². The lowest BCUT2D eigenvalue weighted by atomic mass is 10.4. The van der Waals surface area contributed by atoms with Crippen LogP contribution in [0.2, 0.25) is 5.15 Å². The third-order valence-corrected chi connectivity index (χ3v) is 2.90. The van der Waals surface area contributed by atoms with Gasteiger partial charge in [0.05, 0.1) is 6.21 Å². The van der Waals surface area contributed by atoms with Gasteiger partial charge in [-0.05, 0) is 31.2 Å². The number of aryl methyl sites for hydroxylation is 1. The number of aromatic nitrogens is 2. The minimum absolute atomic E-state index is 0.364. The molecule has 0 fully saturated rings. The summed E-state index contributed by atoms with van der Waals surface area (Å²) < 4.78 is 0. The molecule has 2 aromatic rings. The van der Waals surface area contributed by atoms with Gasteiger partial charge in [-0.15, -0.1) is 21.5 Å². The van der Waals surface area contributed by atoms with Crippen LogP contribution in [0.5, 0.6) is 0 Å². The van der Waals surface area contributed by atoms with Crippen molar-refractivity contribution < 1.29 is 0 Å². The molecule has 1 N–H and O–H groups in total. The summed E-state index contributed by atoms with van der Waals surface area (Å²) in [5.41, 5.74) is 2.77. The summed E-state index contributed by atoms with van der Waals surface area (Å²) in [6, 6.07) is 7.43. The van der Waals surface area contributed by atoms with Crippen LogP contribution in [-0.4, -0.2) is 16.4 Å². The second-order valence-corrected chi connectivity index (χ2v) is 4.77. The van der Waals surface area contributed by atoms with Crippen LogP contribution in [0.3, 0.4) is 0 Å². The molecule has 0 atom stereocenters. The van der Waals surface area contributed by atoms with Crippen LogP contribution in [0.25, 0.3) is 0 Å². The van der Waals surface area contributed by atoms with Gasteiger partial charge in [0.1, 0.15) is 0 Å². The number of halogens is 1. The van der Waals surface area contributed by atoms with Crippen LogP contribution < -0.4 is 5.43 Å². The van der Waals surface area contributed by atoms with Crippen molar-refractivity contribution in [2.24, 2.45) is 5.10 Å². The van der Waals surface area contributed by atoms with E-state index in [4.69, 9.17) is 11.6 Å². The van der Waals surface area contributed by atoms with E-state index >= 15 is 0 Å². The number of thiophene rings is 1. The van der Waals surface area contributed by atoms with E-state index < -0.39 is 0 Å². The summed E-state index contributed by atoms with van der Waals surface area (Å²) in [6.45, 7) is 2.06. The molecule has 82 valence electrons. The topological polar surface area (TPSA) is 50.2 Å². The highest BCUT2D eigenvalue weighted by Crippen LogP contribution is 2.12. The number of hydrazone groups is 1. The van der Waals surface area contributed by atoms with Gasteiger partial charge in [-0.3, -0.25) is 5.43 Å². The monoisotopic (exact) mass is 252 g/mol. The Morgan fingerprint density at radius 2 is 2.19 bits per heavy atom. The maximum absolute atomic E-state index is 5.61. The molecule has 0 bridgehead atoms. The average Bonchev–Trinajstić information content (AvgIpc) is 2.67. The van der Waals surface area contributed by atoms with E-state index in [0.29, 0.717) is 11.0 Å². The van der Waals surface area contributed by atoms with Gasteiger partial charge in [0.15, 0.2) is 11.0 Å². The van der Waals surface area contributed by atoms with E-state index in [0.717, 1.165) is 4.88 Å². The van der Waals surface area contributed by atoms with Crippen molar-refractivity contribution in [3.8, 4) is 0 Å². The summed E-state index contributed by atoms with van der Waals surface area (Å²) in [5.74, 6) is 0.564. The van der Waals surface area contributed by atoms with Crippen molar-refractivity contribution in [3.05, 3.63) is 39.2 Å². The quantitative estimate of drug-likeness (QED) is 0.675. The lowest BCUT2D eigenvalue weighted by molar-refractivity contribution is 1.02. The fraction of sp³-hybridized carbons (Fsp3) is 0.100. The molecule has 0 saturated heterocycles. The normalized spacial score (nSPS) is 10.9. The molecule has 0 unspecified atom stereocenters. The highest BCUT2D eigenvalue weighted by Gasteiger charge is 1.94. The van der Waals surface area contributed by atoms with Crippen LogP contribution in [-0.2, 0) is 0 Å². The average molecular weight is 253 g/mol. The minimum Gasteiger partial charge on any atom is -0.260 e. The molecule has 0 aliphatic carbocycles. The standard InChI is InChI=1S/C10H9ClN4S/c1-7-2-3-8(16-7)6-12-14-10-5-4-9(11)13-15-10/h2-6H,1H3,(H,14,15)/b12-6+. The lowest BCUT2D eigenvalue weighted by Crippen LogP contribution is -1.94. The molecular formula is C10H9ClN4S. The van der Waals surface area contributed by atoms with E-state index in [9.17, 15) is 0 Å². The molecule has 2 rings (SSSR count). The van der Waals surface area contributed by atoms with Gasteiger partial charge in [0, 0.05) is 9.75 Å². The molecule has 4 nitrogen and oxygen atoms in total. The SMILES string of the molecule is Cc1ccc(/C=N/Nc2ccc(Cl)nn2)s1. The zero-order valence-electron chi connectivity index (χ0n) is 8.51. The Balaban J connectivity index is 1.97. The fourth-order valence-corrected chi connectivity index (χ4v) is 1.91. The number of nitrogens with zero attached hydrogens (tertiary/aromatic N) is 3. The first-order valence-corrected chi connectivity index (χ1v) is 5.78. The Morgan fingerprint density at radius 1 is 1.31 bits per heavy atom. The molecule has 0 aliphatic rings. The number of rotatable bonds is 3. The van der Waals surface area contributed by atoms with E-state index in [1.165, 1.54) is 4.88 Å². The Kier molecular flexibility index (Phi) is 3.48. The van der Waals surface area contributed by atoms with Crippen molar-refractivity contribution in [3.63, 3.8) is 0 Å². The maximum atomic E-state index is 5.61. The predicted octanol–water partition coefficient (Wildman–Crippen LogP) is 2.95. The van der Waals surface area contributed by atoms with Crippen molar-refractivity contribution in [1.82, 2.24) is 10.2 Å². The third-order valence-electron chi connectivity index (χ3n) is 1.76. The largest absolute Gasteiger partial charge is 0.260 e. The Morgan fingerprint density at radius 3 is 2.81 bits per heavy atom. The first-order valence-electron chi connectivity index (χ1n) is 4.59. The highest BCUT2D eigenvalue weighted by molar-refractivity contribution is 7.13. The van der Waals surface area contributed by atoms with Crippen LogP contribution in [0, 0.1) is 6.92 Å². The van der Waals surface area contributed by atoms with Crippen LogP contribution in [0.4, 0.5) is 5.82 Å². The zero-order chi connectivity index (χ0) is 11.4. The van der Waals surface area contributed by atoms with Crippen molar-refractivity contribution in [2.45, 2.75) is 6.92 Å². The van der Waals surface area contributed by atoms with Crippen LogP contribution >= 0.6 is 22.9 Å². The minimum atomic E-state index is 0.364. The van der Waals surface area contributed by atoms with Crippen LogP contribution in [0.1, 0.15) is 9.75 Å². The predicted molar refractivity (Wildman–Crippen MR) is 67.3 cm³/mol. The van der Waals surface area contributed by atoms with Crippen LogP contribution in [0.15, 0.2) is 29.4 Å². The first-order chi connectivity index (χ1) is 7.74. The lowest BCUT2D eigenvalue weighted by Gasteiger charge is -1.96. The highest BCUT2D eigenvalue weighted by atomic mass is 35.5. The molecular weight excluding hydrogens is 244 g/mol. The van der Waals surface area contributed by atoms with Crippen molar-refractivity contribution >= 4 is 35.0 Å². The molecule has 0 radical (unpaired) electrons. The van der Waals surface area contributed by atoms with Crippen molar-refractivity contribution in [2.75, 3.05) is 5.43 Å². The number of hydrogen-bond acceptors (Lipinski definition) is 5. The smallest absolute Gasteiger partial charge is 0.168 e. The van der Waals surface area contributed by atoms with Gasteiger partial charge >= 0.3 is 0 Å². The number of nitrogens with one attached hydrogen (secondary N) is 1. The molecule has 0 aromatic carbocycles. The maximum Gasteiger partial charge on any atom is 0.168 e. The fourth-order valence-electron chi connectivity index (χ4n) is 1.06. The van der Waals surface area contributed by atoms with Gasteiger partial charge in [-0.25, -0.2) is 0 Å². The molecule has 0 amide bonds. The van der Waals surface area contributed by atoms with E-state index in [2.05, 4.69) is 27.6 Å². The molecule has 0 spiro atoms. The Bertz CT molecular complexity index is 492. The van der Waals surface area contributed by atoms with E-state index in [1.54, 1.807) is 29.7 Å². The second kappa shape index (κ2) is 5.05. The van der Waals surface area contributed by atoms with Gasteiger partial charge in [-0.2, -0.15) is 5.10 Å². The van der Waals surface area contributed by atoms with Gasteiger partial charge < -0.3 is 0 Å². The Hall–Kier alpha value is -1.46. The summed E-state index contributed by atoms with van der Waals surface area (Å²) in [5, 5.41) is 11.9. The summed E-state index contributed by atoms with van der Waals surface area (Å²) in [6.07, 6.45) is 1.74. The van der Waals surface area contributed by atoms with Gasteiger partial charge in [0.2, 0.25) is 0 Å². The molecule has 2 aromatic heterocycles. The van der Waals surface area contributed by atoms with Gasteiger partial charge in [0.25, 0.3) is 0 Å². The van der Waals surface area contributed by atoms with Gasteiger partial charge in [-0.1, -0.05) is 11.6 Å². The molecule has 16 heavy (non-hydrogen) atoms. The van der Waals surface area contributed by atoms with E-state index in [-0.39, 0.29) is 0 Å². The van der Waals surface area contributed by atoms with Crippen molar-refractivity contribution in [1.29, 1.82) is 0 Å². The molecule has 0 aliphatic heterocycles.